The highest BCUT2D eigenvalue weighted by molar-refractivity contribution is 7.91. The summed E-state index contributed by atoms with van der Waals surface area (Å²) in [5, 5.41) is 0. The molecular formula is C11H23NO3S. The summed E-state index contributed by atoms with van der Waals surface area (Å²) < 4.78 is 22.3. The molecule has 0 saturated carbocycles. The number of rotatable bonds is 10. The predicted octanol–water partition coefficient (Wildman–Crippen LogP) is 1.29. The van der Waals surface area contributed by atoms with Crippen LogP contribution in [0.1, 0.15) is 45.4 Å². The van der Waals surface area contributed by atoms with E-state index < -0.39 is 9.84 Å². The minimum Gasteiger partial charge on any atom is -0.330 e. The normalized spacial score (nSPS) is 11.6. The second kappa shape index (κ2) is 8.70. The van der Waals surface area contributed by atoms with E-state index in [1.807, 2.05) is 0 Å². The fraction of sp³-hybridized carbons (Fsp3) is 0.909. The third kappa shape index (κ3) is 8.85. The van der Waals surface area contributed by atoms with Gasteiger partial charge < -0.3 is 5.73 Å². The highest BCUT2D eigenvalue weighted by Gasteiger charge is 2.10. The van der Waals surface area contributed by atoms with Crippen LogP contribution in [0.2, 0.25) is 0 Å². The molecule has 0 spiro atoms. The van der Waals surface area contributed by atoms with E-state index in [4.69, 9.17) is 5.73 Å². The Labute approximate surface area is 98.5 Å². The molecule has 96 valence electrons. The maximum Gasteiger partial charge on any atom is 0.150 e. The second-order valence-electron chi connectivity index (χ2n) is 3.98. The van der Waals surface area contributed by atoms with Crippen LogP contribution < -0.4 is 5.73 Å². The van der Waals surface area contributed by atoms with Crippen molar-refractivity contribution in [1.29, 1.82) is 0 Å². The molecule has 0 atom stereocenters. The quantitative estimate of drug-likeness (QED) is 0.592. The maximum absolute atomic E-state index is 11.3. The van der Waals surface area contributed by atoms with E-state index in [0.29, 0.717) is 13.0 Å². The molecule has 0 aliphatic heterocycles. The molecule has 0 aliphatic rings. The van der Waals surface area contributed by atoms with Gasteiger partial charge in [0.25, 0.3) is 0 Å². The number of unbranched alkanes of at least 4 members (excludes halogenated alkanes) is 3. The van der Waals surface area contributed by atoms with Crippen LogP contribution in [-0.2, 0) is 14.6 Å². The molecule has 0 saturated heterocycles. The van der Waals surface area contributed by atoms with Crippen LogP contribution >= 0.6 is 0 Å². The number of sulfone groups is 1. The van der Waals surface area contributed by atoms with Gasteiger partial charge in [-0.3, -0.25) is 4.79 Å². The topological polar surface area (TPSA) is 77.2 Å². The highest BCUT2D eigenvalue weighted by Crippen LogP contribution is 2.05. The van der Waals surface area contributed by atoms with Crippen molar-refractivity contribution in [3.8, 4) is 0 Å². The highest BCUT2D eigenvalue weighted by atomic mass is 32.2. The van der Waals surface area contributed by atoms with Gasteiger partial charge in [-0.2, -0.15) is 0 Å². The minimum absolute atomic E-state index is 0.00509. The van der Waals surface area contributed by atoms with Gasteiger partial charge in [-0.25, -0.2) is 8.42 Å². The summed E-state index contributed by atoms with van der Waals surface area (Å²) in [6.07, 6.45) is 4.58. The first-order valence-electron chi connectivity index (χ1n) is 5.94. The zero-order valence-electron chi connectivity index (χ0n) is 10.1. The van der Waals surface area contributed by atoms with Crippen molar-refractivity contribution in [2.45, 2.75) is 45.4 Å². The minimum atomic E-state index is -2.99. The van der Waals surface area contributed by atoms with E-state index in [0.717, 1.165) is 25.7 Å². The molecule has 0 rings (SSSR count). The lowest BCUT2D eigenvalue weighted by atomic mass is 10.1. The van der Waals surface area contributed by atoms with Gasteiger partial charge in [-0.1, -0.05) is 19.8 Å². The van der Waals surface area contributed by atoms with Crippen LogP contribution in [0.5, 0.6) is 0 Å². The number of hydrogen-bond donors (Lipinski definition) is 1. The van der Waals surface area contributed by atoms with Gasteiger partial charge in [-0.05, 0) is 19.4 Å². The Morgan fingerprint density at radius 3 is 2.25 bits per heavy atom. The predicted molar refractivity (Wildman–Crippen MR) is 66.1 cm³/mol. The van der Waals surface area contributed by atoms with Crippen molar-refractivity contribution < 1.29 is 13.2 Å². The van der Waals surface area contributed by atoms with Gasteiger partial charge in [0.1, 0.15) is 15.6 Å². The average Bonchev–Trinajstić information content (AvgIpc) is 2.26. The number of carbonyl (C=O) groups excluding carboxylic acids is 1. The Balaban J connectivity index is 3.53. The molecule has 0 aromatic heterocycles. The van der Waals surface area contributed by atoms with Gasteiger partial charge >= 0.3 is 0 Å². The van der Waals surface area contributed by atoms with Crippen molar-refractivity contribution in [3.63, 3.8) is 0 Å². The molecular weight excluding hydrogens is 226 g/mol. The molecule has 0 bridgehead atoms. The van der Waals surface area contributed by atoms with Gasteiger partial charge in [0.05, 0.1) is 5.75 Å². The van der Waals surface area contributed by atoms with Gasteiger partial charge in [0.15, 0.2) is 0 Å². The molecule has 0 unspecified atom stereocenters. The summed E-state index contributed by atoms with van der Waals surface area (Å²) in [6, 6.07) is 0. The molecule has 2 N–H and O–H groups in total. The van der Waals surface area contributed by atoms with Crippen LogP contribution in [0.25, 0.3) is 0 Å². The zero-order chi connectivity index (χ0) is 12.4. The fourth-order valence-electron chi connectivity index (χ4n) is 1.36. The van der Waals surface area contributed by atoms with Crippen molar-refractivity contribution in [2.24, 2.45) is 5.73 Å². The third-order valence-corrected chi connectivity index (χ3v) is 4.25. The Kier molecular flexibility index (Phi) is 8.47. The van der Waals surface area contributed by atoms with Gasteiger partial charge in [0, 0.05) is 18.6 Å². The van der Waals surface area contributed by atoms with Crippen molar-refractivity contribution in [1.82, 2.24) is 0 Å². The summed E-state index contributed by atoms with van der Waals surface area (Å²) in [5.41, 5.74) is 5.35. The number of nitrogens with two attached hydrogens (primary N) is 1. The summed E-state index contributed by atoms with van der Waals surface area (Å²) >= 11 is 0. The fourth-order valence-corrected chi connectivity index (χ4v) is 2.19. The number of ketones is 1. The summed E-state index contributed by atoms with van der Waals surface area (Å²) in [7, 11) is -2.99. The Hall–Kier alpha value is -0.420. The van der Waals surface area contributed by atoms with E-state index >= 15 is 0 Å². The Morgan fingerprint density at radius 1 is 1.06 bits per heavy atom. The van der Waals surface area contributed by atoms with Crippen molar-refractivity contribution in [2.75, 3.05) is 18.1 Å². The summed E-state index contributed by atoms with van der Waals surface area (Å²) in [4.78, 5) is 11.3. The van der Waals surface area contributed by atoms with E-state index in [1.165, 1.54) is 0 Å². The molecule has 0 heterocycles. The second-order valence-corrected chi connectivity index (χ2v) is 6.45. The van der Waals surface area contributed by atoms with Crippen LogP contribution in [0.3, 0.4) is 0 Å². The smallest absolute Gasteiger partial charge is 0.150 e. The lowest BCUT2D eigenvalue weighted by molar-refractivity contribution is -0.118. The van der Waals surface area contributed by atoms with Crippen LogP contribution in [0, 0.1) is 0 Å². The summed E-state index contributed by atoms with van der Waals surface area (Å²) in [5.74, 6) is 0.187. The average molecular weight is 249 g/mol. The largest absolute Gasteiger partial charge is 0.330 e. The molecule has 0 aromatic rings. The molecule has 0 fully saturated rings. The Bertz CT molecular complexity index is 286. The van der Waals surface area contributed by atoms with E-state index in [-0.39, 0.29) is 23.7 Å². The van der Waals surface area contributed by atoms with Crippen LogP contribution in [0.15, 0.2) is 0 Å². The third-order valence-electron chi connectivity index (χ3n) is 2.54. The lowest BCUT2D eigenvalue weighted by Crippen LogP contribution is -2.12. The summed E-state index contributed by atoms with van der Waals surface area (Å²) in [6.45, 7) is 2.30. The molecule has 0 radical (unpaired) electrons. The molecule has 16 heavy (non-hydrogen) atoms. The standard InChI is InChI=1S/C11H23NO3S/c1-2-16(14,15)10-8-11(13)7-5-3-4-6-9-12/h2-10,12H2,1H3. The first-order chi connectivity index (χ1) is 7.52. The Morgan fingerprint density at radius 2 is 1.69 bits per heavy atom. The molecule has 5 heteroatoms. The van der Waals surface area contributed by atoms with E-state index in [1.54, 1.807) is 6.92 Å². The monoisotopic (exact) mass is 249 g/mol. The number of carbonyl (C=O) groups is 1. The number of hydrogen-bond acceptors (Lipinski definition) is 4. The van der Waals surface area contributed by atoms with E-state index in [2.05, 4.69) is 0 Å². The van der Waals surface area contributed by atoms with Crippen LogP contribution in [0.4, 0.5) is 0 Å². The molecule has 0 aromatic carbocycles. The maximum atomic E-state index is 11.3. The molecule has 0 amide bonds. The van der Waals surface area contributed by atoms with Crippen LogP contribution in [-0.4, -0.2) is 32.3 Å². The molecule has 4 nitrogen and oxygen atoms in total. The van der Waals surface area contributed by atoms with Crippen molar-refractivity contribution in [3.05, 3.63) is 0 Å². The first kappa shape index (κ1) is 15.6. The SMILES string of the molecule is CCS(=O)(=O)CCC(=O)CCCCCCN. The van der Waals surface area contributed by atoms with E-state index in [9.17, 15) is 13.2 Å². The van der Waals surface area contributed by atoms with Gasteiger partial charge in [0.2, 0.25) is 0 Å². The zero-order valence-corrected chi connectivity index (χ0v) is 10.9. The number of Topliss-reactive ketones (excluding diaryl/α,β-unsaturated/α-hetero) is 1. The van der Waals surface area contributed by atoms with Crippen molar-refractivity contribution >= 4 is 15.6 Å². The first-order valence-corrected chi connectivity index (χ1v) is 7.76. The lowest BCUT2D eigenvalue weighted by Gasteiger charge is -2.01. The molecule has 0 aliphatic carbocycles. The van der Waals surface area contributed by atoms with Gasteiger partial charge in [-0.15, -0.1) is 0 Å².